The van der Waals surface area contributed by atoms with Gasteiger partial charge in [0.1, 0.15) is 0 Å². The molecule has 0 aliphatic carbocycles. The Kier molecular flexibility index (Phi) is 9.17. The van der Waals surface area contributed by atoms with Gasteiger partial charge in [0, 0.05) is 56.4 Å². The van der Waals surface area contributed by atoms with Crippen LogP contribution in [0.4, 0.5) is 0 Å². The number of rotatable bonds is 6. The van der Waals surface area contributed by atoms with Gasteiger partial charge in [0.2, 0.25) is 0 Å². The zero-order chi connectivity index (χ0) is 46.1. The summed E-state index contributed by atoms with van der Waals surface area (Å²) in [6.07, 6.45) is 3.92. The van der Waals surface area contributed by atoms with Crippen molar-refractivity contribution in [1.82, 2.24) is 19.9 Å². The first-order valence-corrected chi connectivity index (χ1v) is 23.8. The predicted molar refractivity (Wildman–Crippen MR) is 293 cm³/mol. The molecule has 4 nitrogen and oxygen atoms in total. The van der Waals surface area contributed by atoms with E-state index in [1.807, 2.05) is 30.6 Å². The molecule has 324 valence electrons. The summed E-state index contributed by atoms with van der Waals surface area (Å²) >= 11 is 0. The van der Waals surface area contributed by atoms with Crippen LogP contribution < -0.4 is 0 Å². The highest BCUT2D eigenvalue weighted by Gasteiger charge is 2.21. The molecule has 0 unspecified atom stereocenters. The van der Waals surface area contributed by atoms with Crippen molar-refractivity contribution in [2.24, 2.45) is 0 Å². The summed E-state index contributed by atoms with van der Waals surface area (Å²) < 4.78 is 0. The van der Waals surface area contributed by atoms with Crippen LogP contribution in [-0.2, 0) is 0 Å². The third-order valence-electron chi connectivity index (χ3n) is 14.1. The second-order valence-electron chi connectivity index (χ2n) is 18.2. The first-order chi connectivity index (χ1) is 34.7. The Bertz CT molecular complexity index is 4400. The van der Waals surface area contributed by atoms with Crippen molar-refractivity contribution in [3.05, 3.63) is 243 Å². The Morgan fingerprint density at radius 2 is 0.686 bits per heavy atom. The fourth-order valence-electron chi connectivity index (χ4n) is 10.6. The van der Waals surface area contributed by atoms with Crippen molar-refractivity contribution in [3.63, 3.8) is 0 Å². The van der Waals surface area contributed by atoms with Crippen molar-refractivity contribution < 1.29 is 0 Å². The van der Waals surface area contributed by atoms with Gasteiger partial charge in [-0.05, 0) is 119 Å². The van der Waals surface area contributed by atoms with Crippen molar-refractivity contribution in [1.29, 1.82) is 0 Å². The molecule has 0 radical (unpaired) electrons. The standard InChI is InChI=1S/C66H40N4/c1-5-17-52-45(13-1)35-58(56-21-9-7-19-54(52)56)49-37-60(59-36-46-14-2-6-18-53(46)55-20-8-10-22-57(55)59)65-61(38-49)64(43-29-25-41(26-30-43)50-33-47-15-3-11-23-62(47)67-39-50)69-66(70-65)44-31-27-42(28-32-44)51-34-48-16-4-12-24-63(48)68-40-51/h1-40H. The lowest BCUT2D eigenvalue weighted by Crippen LogP contribution is -1.99. The number of aromatic nitrogens is 4. The predicted octanol–water partition coefficient (Wildman–Crippen LogP) is 17.3. The lowest BCUT2D eigenvalue weighted by Gasteiger charge is -2.18. The maximum absolute atomic E-state index is 5.65. The Balaban J connectivity index is 1.04. The van der Waals surface area contributed by atoms with E-state index in [4.69, 9.17) is 19.9 Å². The second-order valence-corrected chi connectivity index (χ2v) is 18.2. The molecule has 14 rings (SSSR count). The highest BCUT2D eigenvalue weighted by Crippen LogP contribution is 2.45. The number of fused-ring (bicyclic) bond motifs is 9. The van der Waals surface area contributed by atoms with E-state index >= 15 is 0 Å². The van der Waals surface area contributed by atoms with Crippen LogP contribution in [0.5, 0.6) is 0 Å². The summed E-state index contributed by atoms with van der Waals surface area (Å²) in [6.45, 7) is 0. The summed E-state index contributed by atoms with van der Waals surface area (Å²) in [7, 11) is 0. The van der Waals surface area contributed by atoms with Crippen LogP contribution in [0, 0.1) is 0 Å². The van der Waals surface area contributed by atoms with Crippen LogP contribution in [0.25, 0.3) is 143 Å². The van der Waals surface area contributed by atoms with Crippen LogP contribution in [-0.4, -0.2) is 19.9 Å². The fourth-order valence-corrected chi connectivity index (χ4v) is 10.6. The average Bonchev–Trinajstić information content (AvgIpc) is 3.44. The van der Waals surface area contributed by atoms with Crippen LogP contribution in [0.2, 0.25) is 0 Å². The third kappa shape index (κ3) is 6.69. The molecule has 14 aromatic rings. The Labute approximate surface area is 403 Å². The Hall–Kier alpha value is -9.38. The molecule has 0 atom stereocenters. The lowest BCUT2D eigenvalue weighted by molar-refractivity contribution is 1.23. The zero-order valence-electron chi connectivity index (χ0n) is 37.9. The van der Waals surface area contributed by atoms with Crippen LogP contribution >= 0.6 is 0 Å². The molecular weight excluding hydrogens is 849 g/mol. The van der Waals surface area contributed by atoms with Gasteiger partial charge < -0.3 is 0 Å². The fraction of sp³-hybridized carbons (Fsp3) is 0. The third-order valence-corrected chi connectivity index (χ3v) is 14.1. The second kappa shape index (κ2) is 16.2. The van der Waals surface area contributed by atoms with E-state index in [0.29, 0.717) is 5.82 Å². The zero-order valence-corrected chi connectivity index (χ0v) is 37.9. The van der Waals surface area contributed by atoms with E-state index in [1.54, 1.807) is 0 Å². The normalized spacial score (nSPS) is 11.7. The monoisotopic (exact) mass is 888 g/mol. The van der Waals surface area contributed by atoms with Crippen LogP contribution in [0.3, 0.4) is 0 Å². The number of para-hydroxylation sites is 2. The van der Waals surface area contributed by atoms with Gasteiger partial charge in [-0.15, -0.1) is 0 Å². The summed E-state index contributed by atoms with van der Waals surface area (Å²) in [6, 6.07) is 82.7. The Morgan fingerprint density at radius 1 is 0.243 bits per heavy atom. The topological polar surface area (TPSA) is 51.6 Å². The highest BCUT2D eigenvalue weighted by atomic mass is 14.9. The summed E-state index contributed by atoms with van der Waals surface area (Å²) in [5.74, 6) is 0.656. The maximum atomic E-state index is 5.65. The molecule has 70 heavy (non-hydrogen) atoms. The highest BCUT2D eigenvalue weighted by molar-refractivity contribution is 6.19. The molecule has 3 heterocycles. The Morgan fingerprint density at radius 3 is 1.26 bits per heavy atom. The van der Waals surface area contributed by atoms with E-state index in [0.717, 1.165) is 94.0 Å². The van der Waals surface area contributed by atoms with Crippen LogP contribution in [0.15, 0.2) is 243 Å². The van der Waals surface area contributed by atoms with Gasteiger partial charge in [-0.25, -0.2) is 9.97 Å². The van der Waals surface area contributed by atoms with E-state index in [-0.39, 0.29) is 0 Å². The average molecular weight is 889 g/mol. The smallest absolute Gasteiger partial charge is 0.160 e. The van der Waals surface area contributed by atoms with E-state index in [1.165, 1.54) is 43.1 Å². The van der Waals surface area contributed by atoms with Gasteiger partial charge in [-0.1, -0.05) is 182 Å². The minimum atomic E-state index is 0.656. The molecule has 0 spiro atoms. The van der Waals surface area contributed by atoms with E-state index in [9.17, 15) is 0 Å². The molecule has 0 bridgehead atoms. The molecule has 0 N–H and O–H groups in total. The largest absolute Gasteiger partial charge is 0.256 e. The van der Waals surface area contributed by atoms with Gasteiger partial charge in [0.15, 0.2) is 5.82 Å². The van der Waals surface area contributed by atoms with Crippen molar-refractivity contribution in [2.45, 2.75) is 0 Å². The molecule has 0 aliphatic heterocycles. The molecule has 0 saturated heterocycles. The first-order valence-electron chi connectivity index (χ1n) is 23.8. The van der Waals surface area contributed by atoms with Gasteiger partial charge in [-0.3, -0.25) is 9.97 Å². The summed E-state index contributed by atoms with van der Waals surface area (Å²) in [4.78, 5) is 20.8. The number of hydrogen-bond donors (Lipinski definition) is 0. The molecule has 0 fully saturated rings. The number of nitrogens with zero attached hydrogens (tertiary/aromatic N) is 4. The van der Waals surface area contributed by atoms with E-state index in [2.05, 4.69) is 212 Å². The summed E-state index contributed by atoms with van der Waals surface area (Å²) in [5, 5.41) is 12.8. The van der Waals surface area contributed by atoms with Crippen LogP contribution in [0.1, 0.15) is 0 Å². The minimum Gasteiger partial charge on any atom is -0.256 e. The van der Waals surface area contributed by atoms with Gasteiger partial charge in [0.05, 0.1) is 22.2 Å². The SMILES string of the molecule is c1ccc2ncc(-c3ccc(-c4nc(-c5ccc(-c6cnc7ccccc7c6)cc5)c5cc(-c6cc7ccccc7c7ccccc67)cc(-c6cc7ccccc7c7ccccc67)c5n4)cc3)cc2c1. The van der Waals surface area contributed by atoms with Crippen molar-refractivity contribution in [2.75, 3.05) is 0 Å². The van der Waals surface area contributed by atoms with Gasteiger partial charge in [0.25, 0.3) is 0 Å². The molecule has 0 aliphatic rings. The number of benzene rings is 11. The number of pyridine rings is 2. The van der Waals surface area contributed by atoms with Gasteiger partial charge >= 0.3 is 0 Å². The molecular formula is C66H40N4. The van der Waals surface area contributed by atoms with Crippen molar-refractivity contribution in [3.8, 4) is 67.2 Å². The summed E-state index contributed by atoms with van der Waals surface area (Å²) in [5.41, 5.74) is 14.4. The molecule has 0 amide bonds. The van der Waals surface area contributed by atoms with E-state index < -0.39 is 0 Å². The molecule has 4 heteroatoms. The maximum Gasteiger partial charge on any atom is 0.160 e. The lowest BCUT2D eigenvalue weighted by atomic mass is 9.87. The number of hydrogen-bond acceptors (Lipinski definition) is 4. The quantitative estimate of drug-likeness (QED) is 0.156. The van der Waals surface area contributed by atoms with Crippen molar-refractivity contribution >= 4 is 75.8 Å². The first kappa shape index (κ1) is 39.8. The molecule has 11 aromatic carbocycles. The molecule has 3 aromatic heterocycles. The molecule has 0 saturated carbocycles. The minimum absolute atomic E-state index is 0.656. The van der Waals surface area contributed by atoms with Gasteiger partial charge in [-0.2, -0.15) is 0 Å².